The molecule has 1 atom stereocenters. The van der Waals surface area contributed by atoms with Crippen LogP contribution in [0.15, 0.2) is 0 Å². The molecule has 4 nitrogen and oxygen atoms in total. The number of amides is 1. The number of hydrogen-bond donors (Lipinski definition) is 2. The molecule has 2 aliphatic rings. The van der Waals surface area contributed by atoms with Gasteiger partial charge in [0.05, 0.1) is 6.61 Å². The molecule has 1 amide bonds. The molecule has 1 aliphatic heterocycles. The molecule has 20 heavy (non-hydrogen) atoms. The molecule has 4 heteroatoms. The molecule has 0 aromatic rings. The quantitative estimate of drug-likeness (QED) is 0.782. The first-order valence-electron chi connectivity index (χ1n) is 8.23. The van der Waals surface area contributed by atoms with E-state index < -0.39 is 0 Å². The Morgan fingerprint density at radius 2 is 2.05 bits per heavy atom. The predicted octanol–water partition coefficient (Wildman–Crippen LogP) is 1.92. The molecule has 0 bridgehead atoms. The molecule has 0 aromatic carbocycles. The average molecular weight is 282 g/mol. The minimum Gasteiger partial charge on any atom is -0.396 e. The highest BCUT2D eigenvalue weighted by Crippen LogP contribution is 2.36. The number of rotatable bonds is 6. The van der Waals surface area contributed by atoms with Gasteiger partial charge in [0.15, 0.2) is 0 Å². The zero-order chi connectivity index (χ0) is 14.4. The van der Waals surface area contributed by atoms with Gasteiger partial charge in [-0.15, -0.1) is 0 Å². The summed E-state index contributed by atoms with van der Waals surface area (Å²) in [6, 6.07) is 0.577. The molecule has 0 aromatic heterocycles. The molecule has 0 spiro atoms. The Morgan fingerprint density at radius 3 is 2.70 bits per heavy atom. The standard InChI is InChI=1S/C16H30N2O2/c1-18-11-5-2-6-14(18)7-8-15(20)17-12-16(13-19)9-3-4-10-16/h14,19H,2-13H2,1H3,(H,17,20). The van der Waals surface area contributed by atoms with Crippen LogP contribution >= 0.6 is 0 Å². The third kappa shape index (κ3) is 4.19. The number of piperidine rings is 1. The van der Waals surface area contributed by atoms with Crippen LogP contribution in [0.25, 0.3) is 0 Å². The summed E-state index contributed by atoms with van der Waals surface area (Å²) in [6.45, 7) is 2.03. The van der Waals surface area contributed by atoms with Gasteiger partial charge in [0, 0.05) is 24.4 Å². The Hall–Kier alpha value is -0.610. The number of aliphatic hydroxyl groups excluding tert-OH is 1. The van der Waals surface area contributed by atoms with E-state index >= 15 is 0 Å². The molecule has 116 valence electrons. The molecule has 0 radical (unpaired) electrons. The second-order valence-electron chi connectivity index (χ2n) is 6.81. The number of carbonyl (C=O) groups is 1. The van der Waals surface area contributed by atoms with Gasteiger partial charge in [-0.05, 0) is 45.7 Å². The zero-order valence-corrected chi connectivity index (χ0v) is 12.9. The highest BCUT2D eigenvalue weighted by atomic mass is 16.3. The van der Waals surface area contributed by atoms with Gasteiger partial charge in [-0.3, -0.25) is 4.79 Å². The van der Waals surface area contributed by atoms with Crippen molar-refractivity contribution in [1.29, 1.82) is 0 Å². The maximum absolute atomic E-state index is 12.0. The smallest absolute Gasteiger partial charge is 0.220 e. The first-order chi connectivity index (χ1) is 9.65. The van der Waals surface area contributed by atoms with Crippen molar-refractivity contribution in [2.24, 2.45) is 5.41 Å². The molecule has 1 heterocycles. The fourth-order valence-corrected chi connectivity index (χ4v) is 3.70. The van der Waals surface area contributed by atoms with Crippen molar-refractivity contribution in [2.75, 3.05) is 26.7 Å². The van der Waals surface area contributed by atoms with Crippen LogP contribution in [0, 0.1) is 5.41 Å². The van der Waals surface area contributed by atoms with Gasteiger partial charge in [-0.2, -0.15) is 0 Å². The SMILES string of the molecule is CN1CCCCC1CCC(=O)NCC1(CO)CCCC1. The predicted molar refractivity (Wildman–Crippen MR) is 80.5 cm³/mol. The third-order valence-corrected chi connectivity index (χ3v) is 5.29. The van der Waals surface area contributed by atoms with Gasteiger partial charge in [-0.25, -0.2) is 0 Å². The third-order valence-electron chi connectivity index (χ3n) is 5.29. The Morgan fingerprint density at radius 1 is 1.30 bits per heavy atom. The molecule has 2 rings (SSSR count). The number of carbonyl (C=O) groups excluding carboxylic acids is 1. The van der Waals surface area contributed by atoms with Gasteiger partial charge < -0.3 is 15.3 Å². The van der Waals surface area contributed by atoms with Crippen LogP contribution in [0.1, 0.15) is 57.8 Å². The molecular weight excluding hydrogens is 252 g/mol. The Labute approximate surface area is 122 Å². The summed E-state index contributed by atoms with van der Waals surface area (Å²) in [5.74, 6) is 0.156. The van der Waals surface area contributed by atoms with E-state index in [0.29, 0.717) is 19.0 Å². The van der Waals surface area contributed by atoms with Gasteiger partial charge in [0.2, 0.25) is 5.91 Å². The number of nitrogens with zero attached hydrogens (tertiary/aromatic N) is 1. The van der Waals surface area contributed by atoms with E-state index in [1.54, 1.807) is 0 Å². The number of hydrogen-bond acceptors (Lipinski definition) is 3. The molecule has 1 saturated carbocycles. The average Bonchev–Trinajstić information content (AvgIpc) is 2.94. The number of likely N-dealkylation sites (tertiary alicyclic amines) is 1. The van der Waals surface area contributed by atoms with Gasteiger partial charge in [0.1, 0.15) is 0 Å². The Kier molecular flexibility index (Phi) is 5.85. The van der Waals surface area contributed by atoms with Crippen molar-refractivity contribution in [3.63, 3.8) is 0 Å². The summed E-state index contributed by atoms with van der Waals surface area (Å²) in [5.41, 5.74) is -0.0305. The topological polar surface area (TPSA) is 52.6 Å². The summed E-state index contributed by atoms with van der Waals surface area (Å²) >= 11 is 0. The van der Waals surface area contributed by atoms with Crippen LogP contribution in [0.2, 0.25) is 0 Å². The van der Waals surface area contributed by atoms with E-state index in [9.17, 15) is 9.90 Å². The fourth-order valence-electron chi connectivity index (χ4n) is 3.70. The number of aliphatic hydroxyl groups is 1. The van der Waals surface area contributed by atoms with Crippen molar-refractivity contribution in [3.05, 3.63) is 0 Å². The lowest BCUT2D eigenvalue weighted by Crippen LogP contribution is -2.40. The molecular formula is C16H30N2O2. The van der Waals surface area contributed by atoms with Crippen LogP contribution in [0.5, 0.6) is 0 Å². The lowest BCUT2D eigenvalue weighted by Gasteiger charge is -2.32. The van der Waals surface area contributed by atoms with Crippen LogP contribution in [-0.2, 0) is 4.79 Å². The van der Waals surface area contributed by atoms with Crippen LogP contribution < -0.4 is 5.32 Å². The molecule has 2 fully saturated rings. The zero-order valence-electron chi connectivity index (χ0n) is 12.9. The highest BCUT2D eigenvalue weighted by Gasteiger charge is 2.33. The molecule has 2 N–H and O–H groups in total. The van der Waals surface area contributed by atoms with Crippen LogP contribution in [0.4, 0.5) is 0 Å². The highest BCUT2D eigenvalue weighted by molar-refractivity contribution is 5.75. The van der Waals surface area contributed by atoms with E-state index in [1.807, 2.05) is 0 Å². The van der Waals surface area contributed by atoms with Gasteiger partial charge in [0.25, 0.3) is 0 Å². The van der Waals surface area contributed by atoms with E-state index in [2.05, 4.69) is 17.3 Å². The molecule has 1 aliphatic carbocycles. The number of nitrogens with one attached hydrogen (secondary N) is 1. The van der Waals surface area contributed by atoms with Crippen molar-refractivity contribution in [1.82, 2.24) is 10.2 Å². The molecule has 1 unspecified atom stereocenters. The van der Waals surface area contributed by atoms with E-state index in [4.69, 9.17) is 0 Å². The van der Waals surface area contributed by atoms with Crippen molar-refractivity contribution >= 4 is 5.91 Å². The Bertz CT molecular complexity index is 314. The second-order valence-corrected chi connectivity index (χ2v) is 6.81. The maximum Gasteiger partial charge on any atom is 0.220 e. The van der Waals surface area contributed by atoms with Crippen molar-refractivity contribution in [3.8, 4) is 0 Å². The summed E-state index contributed by atoms with van der Waals surface area (Å²) in [7, 11) is 2.17. The van der Waals surface area contributed by atoms with Gasteiger partial charge >= 0.3 is 0 Å². The fraction of sp³-hybridized carbons (Fsp3) is 0.938. The minimum absolute atomic E-state index is 0.0305. The van der Waals surface area contributed by atoms with Crippen LogP contribution in [-0.4, -0.2) is 48.7 Å². The van der Waals surface area contributed by atoms with Crippen molar-refractivity contribution in [2.45, 2.75) is 63.8 Å². The van der Waals surface area contributed by atoms with E-state index in [-0.39, 0.29) is 17.9 Å². The lowest BCUT2D eigenvalue weighted by molar-refractivity contribution is -0.122. The van der Waals surface area contributed by atoms with Crippen molar-refractivity contribution < 1.29 is 9.90 Å². The van der Waals surface area contributed by atoms with Gasteiger partial charge in [-0.1, -0.05) is 19.3 Å². The Balaban J connectivity index is 1.67. The summed E-state index contributed by atoms with van der Waals surface area (Å²) in [6.07, 6.45) is 9.87. The summed E-state index contributed by atoms with van der Waals surface area (Å²) in [4.78, 5) is 14.4. The summed E-state index contributed by atoms with van der Waals surface area (Å²) in [5, 5.41) is 12.6. The summed E-state index contributed by atoms with van der Waals surface area (Å²) < 4.78 is 0. The largest absolute Gasteiger partial charge is 0.396 e. The second kappa shape index (κ2) is 7.41. The van der Waals surface area contributed by atoms with Crippen LogP contribution in [0.3, 0.4) is 0 Å². The molecule has 1 saturated heterocycles. The first-order valence-corrected chi connectivity index (χ1v) is 8.23. The lowest BCUT2D eigenvalue weighted by atomic mass is 9.87. The van der Waals surface area contributed by atoms with E-state index in [0.717, 1.165) is 19.3 Å². The normalized spacial score (nSPS) is 26.6. The maximum atomic E-state index is 12.0. The van der Waals surface area contributed by atoms with E-state index in [1.165, 1.54) is 38.6 Å². The first kappa shape index (κ1) is 15.8. The monoisotopic (exact) mass is 282 g/mol. The minimum atomic E-state index is -0.0305.